The maximum atomic E-state index is 11.8. The molecule has 7 heteroatoms. The molecule has 0 radical (unpaired) electrons. The fraction of sp³-hybridized carbons (Fsp3) is 0.450. The van der Waals surface area contributed by atoms with Gasteiger partial charge in [0.25, 0.3) is 0 Å². The Kier molecular flexibility index (Phi) is 5.92. The summed E-state index contributed by atoms with van der Waals surface area (Å²) in [6.45, 7) is 2.76. The number of ether oxygens (including phenoxy) is 3. The number of hydrogen-bond donors (Lipinski definition) is 1. The lowest BCUT2D eigenvalue weighted by Gasteiger charge is -2.32. The highest BCUT2D eigenvalue weighted by Gasteiger charge is 2.39. The topological polar surface area (TPSA) is 68.2 Å². The van der Waals surface area contributed by atoms with E-state index in [2.05, 4.69) is 16.3 Å². The molecule has 6 nitrogen and oxygen atoms in total. The average Bonchev–Trinajstić information content (AvgIpc) is 3.31. The van der Waals surface area contributed by atoms with E-state index in [-0.39, 0.29) is 6.04 Å². The highest BCUT2D eigenvalue weighted by Crippen LogP contribution is 2.47. The van der Waals surface area contributed by atoms with E-state index in [4.69, 9.17) is 14.2 Å². The summed E-state index contributed by atoms with van der Waals surface area (Å²) >= 11 is 1.63. The third-order valence-electron chi connectivity index (χ3n) is 4.96. The van der Waals surface area contributed by atoms with Crippen molar-refractivity contribution in [2.24, 2.45) is 0 Å². The van der Waals surface area contributed by atoms with E-state index in [1.165, 1.54) is 0 Å². The Morgan fingerprint density at radius 1 is 1.22 bits per heavy atom. The van der Waals surface area contributed by atoms with Gasteiger partial charge in [-0.2, -0.15) is 0 Å². The first-order valence-corrected chi connectivity index (χ1v) is 9.72. The predicted molar refractivity (Wildman–Crippen MR) is 104 cm³/mol. The van der Waals surface area contributed by atoms with Crippen molar-refractivity contribution in [1.82, 2.24) is 4.90 Å². The zero-order chi connectivity index (χ0) is 19.6. The van der Waals surface area contributed by atoms with Crippen molar-refractivity contribution in [3.8, 4) is 17.2 Å². The van der Waals surface area contributed by atoms with Crippen molar-refractivity contribution >= 4 is 17.3 Å². The van der Waals surface area contributed by atoms with Crippen LogP contribution in [0.25, 0.3) is 0 Å². The molecule has 1 aliphatic heterocycles. The number of aryl methyl sites for hydroxylation is 1. The molecule has 1 aromatic heterocycles. The summed E-state index contributed by atoms with van der Waals surface area (Å²) < 4.78 is 16.6. The van der Waals surface area contributed by atoms with Crippen LogP contribution >= 0.6 is 11.3 Å². The van der Waals surface area contributed by atoms with Crippen molar-refractivity contribution in [3.05, 3.63) is 39.6 Å². The first-order chi connectivity index (χ1) is 13.0. The number of carboxylic acid groups (broad SMARTS) is 1. The molecule has 0 amide bonds. The summed E-state index contributed by atoms with van der Waals surface area (Å²) in [5, 5.41) is 11.8. The van der Waals surface area contributed by atoms with Gasteiger partial charge >= 0.3 is 5.97 Å². The summed E-state index contributed by atoms with van der Waals surface area (Å²) in [6.07, 6.45) is 1.50. The smallest absolute Gasteiger partial charge is 0.320 e. The van der Waals surface area contributed by atoms with Gasteiger partial charge < -0.3 is 19.3 Å². The number of carboxylic acids is 1. The van der Waals surface area contributed by atoms with Crippen molar-refractivity contribution in [1.29, 1.82) is 0 Å². The van der Waals surface area contributed by atoms with Crippen molar-refractivity contribution < 1.29 is 24.1 Å². The van der Waals surface area contributed by atoms with Crippen LogP contribution in [0.5, 0.6) is 17.2 Å². The van der Waals surface area contributed by atoms with E-state index in [1.54, 1.807) is 32.7 Å². The number of rotatable bonds is 7. The quantitative estimate of drug-likeness (QED) is 0.776. The molecule has 0 aliphatic carbocycles. The second-order valence-electron chi connectivity index (χ2n) is 6.59. The first kappa shape index (κ1) is 19.5. The van der Waals surface area contributed by atoms with Crippen LogP contribution < -0.4 is 14.2 Å². The Hall–Kier alpha value is -2.25. The molecule has 146 valence electrons. The molecule has 1 aromatic carbocycles. The third kappa shape index (κ3) is 3.61. The van der Waals surface area contributed by atoms with Crippen LogP contribution in [0.15, 0.2) is 23.6 Å². The number of carbonyl (C=O) groups is 1. The van der Waals surface area contributed by atoms with E-state index >= 15 is 0 Å². The van der Waals surface area contributed by atoms with E-state index in [0.29, 0.717) is 23.7 Å². The molecule has 2 aromatic rings. The molecule has 1 fully saturated rings. The second kappa shape index (κ2) is 8.19. The van der Waals surface area contributed by atoms with E-state index < -0.39 is 12.0 Å². The number of benzene rings is 1. The van der Waals surface area contributed by atoms with Crippen LogP contribution in [0, 0.1) is 6.92 Å². The van der Waals surface area contributed by atoms with Crippen molar-refractivity contribution in [2.45, 2.75) is 31.8 Å². The lowest BCUT2D eigenvalue weighted by molar-refractivity contribution is -0.142. The summed E-state index contributed by atoms with van der Waals surface area (Å²) in [5.74, 6) is 0.881. The van der Waals surface area contributed by atoms with Gasteiger partial charge in [0.05, 0.1) is 27.4 Å². The molecule has 1 N–H and O–H groups in total. The van der Waals surface area contributed by atoms with Gasteiger partial charge in [-0.15, -0.1) is 11.3 Å². The van der Waals surface area contributed by atoms with Gasteiger partial charge in [0, 0.05) is 17.0 Å². The average molecular weight is 391 g/mol. The molecule has 1 aliphatic rings. The number of methoxy groups -OCH3 is 3. The van der Waals surface area contributed by atoms with Crippen LogP contribution in [0.1, 0.15) is 34.9 Å². The third-order valence-corrected chi connectivity index (χ3v) is 6.06. The van der Waals surface area contributed by atoms with Crippen molar-refractivity contribution in [3.63, 3.8) is 0 Å². The molecular weight excluding hydrogens is 366 g/mol. The largest absolute Gasteiger partial charge is 0.493 e. The maximum Gasteiger partial charge on any atom is 0.320 e. The number of likely N-dealkylation sites (tertiary alicyclic amines) is 1. The molecule has 0 saturated carbocycles. The zero-order valence-electron chi connectivity index (χ0n) is 16.0. The maximum absolute atomic E-state index is 11.8. The van der Waals surface area contributed by atoms with Crippen LogP contribution in [0.2, 0.25) is 0 Å². The highest BCUT2D eigenvalue weighted by atomic mass is 32.1. The lowest BCUT2D eigenvalue weighted by Crippen LogP contribution is -2.39. The second-order valence-corrected chi connectivity index (χ2v) is 7.53. The highest BCUT2D eigenvalue weighted by molar-refractivity contribution is 7.10. The van der Waals surface area contributed by atoms with E-state index in [0.717, 1.165) is 29.0 Å². The van der Waals surface area contributed by atoms with Crippen LogP contribution in [-0.4, -0.2) is 49.9 Å². The van der Waals surface area contributed by atoms with E-state index in [1.807, 2.05) is 19.1 Å². The number of aliphatic carboxylic acids is 1. The Bertz CT molecular complexity index is 819. The van der Waals surface area contributed by atoms with E-state index in [9.17, 15) is 9.90 Å². The minimum Gasteiger partial charge on any atom is -0.493 e. The molecule has 2 atom stereocenters. The first-order valence-electron chi connectivity index (χ1n) is 8.84. The summed E-state index contributed by atoms with van der Waals surface area (Å²) in [4.78, 5) is 15.0. The minimum absolute atomic E-state index is 0.220. The molecule has 0 bridgehead atoms. The SMILES string of the molecule is COc1ccc(C(c2cc(C)cs2)N2CCCC2C(=O)O)c(OC)c1OC. The van der Waals surface area contributed by atoms with Crippen LogP contribution in [-0.2, 0) is 4.79 Å². The molecular formula is C20H25NO5S. The standard InChI is InChI=1S/C20H25NO5S/c1-12-10-16(27-11-12)17(21-9-5-6-14(21)20(22)23)13-7-8-15(24-2)19(26-4)18(13)25-3/h7-8,10-11,14,17H,5-6,9H2,1-4H3,(H,22,23). The molecule has 2 heterocycles. The molecule has 27 heavy (non-hydrogen) atoms. The fourth-order valence-electron chi connectivity index (χ4n) is 3.80. The Labute approximate surface area is 163 Å². The normalized spacial score (nSPS) is 18.3. The summed E-state index contributed by atoms with van der Waals surface area (Å²) in [5.41, 5.74) is 2.04. The Morgan fingerprint density at radius 2 is 1.96 bits per heavy atom. The van der Waals surface area contributed by atoms with Gasteiger partial charge in [-0.05, 0) is 48.9 Å². The fourth-order valence-corrected chi connectivity index (χ4v) is 4.83. The summed E-state index contributed by atoms with van der Waals surface area (Å²) in [6, 6.07) is 5.16. The van der Waals surface area contributed by atoms with Crippen molar-refractivity contribution in [2.75, 3.05) is 27.9 Å². The number of hydrogen-bond acceptors (Lipinski definition) is 6. The minimum atomic E-state index is -0.787. The van der Waals surface area contributed by atoms with Gasteiger partial charge in [0.1, 0.15) is 6.04 Å². The van der Waals surface area contributed by atoms with Crippen LogP contribution in [0.4, 0.5) is 0 Å². The Balaban J connectivity index is 2.18. The van der Waals surface area contributed by atoms with Gasteiger partial charge in [-0.3, -0.25) is 9.69 Å². The molecule has 1 saturated heterocycles. The number of thiophene rings is 1. The predicted octanol–water partition coefficient (Wildman–Crippen LogP) is 3.72. The Morgan fingerprint density at radius 3 is 2.52 bits per heavy atom. The number of nitrogens with zero attached hydrogens (tertiary/aromatic N) is 1. The lowest BCUT2D eigenvalue weighted by atomic mass is 9.99. The zero-order valence-corrected chi connectivity index (χ0v) is 16.8. The summed E-state index contributed by atoms with van der Waals surface area (Å²) in [7, 11) is 4.75. The molecule has 2 unspecified atom stereocenters. The van der Waals surface area contributed by atoms with Gasteiger partial charge in [-0.25, -0.2) is 0 Å². The van der Waals surface area contributed by atoms with Gasteiger partial charge in [0.15, 0.2) is 11.5 Å². The van der Waals surface area contributed by atoms with Crippen LogP contribution in [0.3, 0.4) is 0 Å². The van der Waals surface area contributed by atoms with Gasteiger partial charge in [-0.1, -0.05) is 0 Å². The molecule has 3 rings (SSSR count). The monoisotopic (exact) mass is 391 g/mol. The molecule has 0 spiro atoms. The van der Waals surface area contributed by atoms with Gasteiger partial charge in [0.2, 0.25) is 5.75 Å².